The Morgan fingerprint density at radius 1 is 1.33 bits per heavy atom. The summed E-state index contributed by atoms with van der Waals surface area (Å²) in [6.07, 6.45) is 0.00920. The van der Waals surface area contributed by atoms with Crippen molar-refractivity contribution in [3.8, 4) is 6.07 Å². The molecule has 27 heavy (non-hydrogen) atoms. The monoisotopic (exact) mass is 386 g/mol. The lowest BCUT2D eigenvalue weighted by atomic mass is 9.92. The minimum Gasteiger partial charge on any atom is -0.373 e. The van der Waals surface area contributed by atoms with Crippen LogP contribution in [-0.4, -0.2) is 28.9 Å². The molecule has 0 aliphatic carbocycles. The molecule has 5 nitrogen and oxygen atoms in total. The molecular formula is C20H16ClFN2O3. The van der Waals surface area contributed by atoms with Crippen molar-refractivity contribution in [2.24, 2.45) is 0 Å². The number of aliphatic hydroxyl groups is 1. The van der Waals surface area contributed by atoms with Gasteiger partial charge in [0.15, 0.2) is 5.78 Å². The summed E-state index contributed by atoms with van der Waals surface area (Å²) in [5.74, 6) is -1.84. The van der Waals surface area contributed by atoms with Gasteiger partial charge in [0.25, 0.3) is 5.91 Å². The van der Waals surface area contributed by atoms with Crippen LogP contribution in [0.3, 0.4) is 0 Å². The Morgan fingerprint density at radius 3 is 2.81 bits per heavy atom. The van der Waals surface area contributed by atoms with E-state index in [0.717, 1.165) is 6.07 Å². The molecule has 0 aromatic heterocycles. The summed E-state index contributed by atoms with van der Waals surface area (Å²) in [4.78, 5) is 26.5. The number of hydrogen-bond acceptors (Lipinski definition) is 4. The van der Waals surface area contributed by atoms with Crippen LogP contribution in [0.25, 0.3) is 0 Å². The molecule has 138 valence electrons. The zero-order valence-electron chi connectivity index (χ0n) is 14.3. The maximum absolute atomic E-state index is 13.4. The molecule has 3 rings (SSSR count). The maximum atomic E-state index is 13.4. The van der Waals surface area contributed by atoms with Crippen LogP contribution < -0.4 is 4.90 Å². The third-order valence-electron chi connectivity index (χ3n) is 4.61. The number of Topliss-reactive ketones (excluding diaryl/α,β-unsaturated/α-hetero) is 1. The van der Waals surface area contributed by atoms with E-state index in [1.54, 1.807) is 18.2 Å². The molecule has 1 heterocycles. The third kappa shape index (κ3) is 3.85. The molecule has 1 saturated heterocycles. The van der Waals surface area contributed by atoms with E-state index in [1.807, 2.05) is 6.07 Å². The molecule has 0 bridgehead atoms. The quantitative estimate of drug-likeness (QED) is 0.801. The molecular weight excluding hydrogens is 371 g/mol. The lowest BCUT2D eigenvalue weighted by Crippen LogP contribution is -2.47. The van der Waals surface area contributed by atoms with Gasteiger partial charge in [-0.1, -0.05) is 17.7 Å². The van der Waals surface area contributed by atoms with E-state index < -0.39 is 23.1 Å². The molecule has 0 spiro atoms. The predicted octanol–water partition coefficient (Wildman–Crippen LogP) is 3.02. The third-order valence-corrected chi connectivity index (χ3v) is 4.83. The van der Waals surface area contributed by atoms with E-state index in [4.69, 9.17) is 16.9 Å². The van der Waals surface area contributed by atoms with Gasteiger partial charge in [-0.05, 0) is 48.4 Å². The molecule has 0 radical (unpaired) electrons. The van der Waals surface area contributed by atoms with Crippen LogP contribution in [-0.2, 0) is 16.0 Å². The van der Waals surface area contributed by atoms with Gasteiger partial charge in [0.2, 0.25) is 5.60 Å². The zero-order valence-corrected chi connectivity index (χ0v) is 15.0. The topological polar surface area (TPSA) is 81.4 Å². The van der Waals surface area contributed by atoms with Gasteiger partial charge >= 0.3 is 0 Å². The Kier molecular flexibility index (Phi) is 5.26. The number of halogens is 2. The molecule has 1 aliphatic rings. The SMILES string of the molecule is N#Cc1cccc(N2CCC(O)(C(=O)CCc3cc(F)cc(Cl)c3)C2=O)c1. The van der Waals surface area contributed by atoms with Crippen molar-refractivity contribution in [1.82, 2.24) is 0 Å². The highest BCUT2D eigenvalue weighted by molar-refractivity contribution is 6.30. The molecule has 1 N–H and O–H groups in total. The van der Waals surface area contributed by atoms with E-state index >= 15 is 0 Å². The van der Waals surface area contributed by atoms with E-state index in [2.05, 4.69) is 0 Å². The molecule has 7 heteroatoms. The van der Waals surface area contributed by atoms with Crippen LogP contribution >= 0.6 is 11.6 Å². The molecule has 1 fully saturated rings. The number of anilines is 1. The number of amides is 1. The maximum Gasteiger partial charge on any atom is 0.266 e. The molecule has 0 saturated carbocycles. The van der Waals surface area contributed by atoms with Crippen molar-refractivity contribution < 1.29 is 19.1 Å². The molecule has 1 amide bonds. The first kappa shape index (κ1) is 19.0. The smallest absolute Gasteiger partial charge is 0.266 e. The van der Waals surface area contributed by atoms with E-state index in [0.29, 0.717) is 16.8 Å². The summed E-state index contributed by atoms with van der Waals surface area (Å²) < 4.78 is 13.4. The average Bonchev–Trinajstić information content (AvgIpc) is 2.95. The highest BCUT2D eigenvalue weighted by Crippen LogP contribution is 2.30. The molecule has 2 aromatic rings. The van der Waals surface area contributed by atoms with Crippen LogP contribution in [0, 0.1) is 17.1 Å². The number of nitrogens with zero attached hydrogens (tertiary/aromatic N) is 2. The second-order valence-electron chi connectivity index (χ2n) is 6.43. The van der Waals surface area contributed by atoms with Crippen molar-refractivity contribution in [1.29, 1.82) is 5.26 Å². The number of carbonyl (C=O) groups is 2. The number of nitriles is 1. The number of rotatable bonds is 5. The second kappa shape index (κ2) is 7.47. The Morgan fingerprint density at radius 2 is 2.11 bits per heavy atom. The van der Waals surface area contributed by atoms with Gasteiger partial charge < -0.3 is 10.0 Å². The van der Waals surface area contributed by atoms with Gasteiger partial charge in [-0.15, -0.1) is 0 Å². The van der Waals surface area contributed by atoms with Crippen LogP contribution in [0.5, 0.6) is 0 Å². The molecule has 1 atom stereocenters. The largest absolute Gasteiger partial charge is 0.373 e. The first-order valence-corrected chi connectivity index (χ1v) is 8.74. The fourth-order valence-corrected chi connectivity index (χ4v) is 3.42. The first-order valence-electron chi connectivity index (χ1n) is 8.36. The Balaban J connectivity index is 1.73. The number of hydrogen-bond donors (Lipinski definition) is 1. The highest BCUT2D eigenvalue weighted by atomic mass is 35.5. The van der Waals surface area contributed by atoms with E-state index in [-0.39, 0.29) is 30.8 Å². The number of ketones is 1. The lowest BCUT2D eigenvalue weighted by Gasteiger charge is -2.21. The van der Waals surface area contributed by atoms with Gasteiger partial charge in [-0.25, -0.2) is 4.39 Å². The van der Waals surface area contributed by atoms with Gasteiger partial charge in [-0.3, -0.25) is 9.59 Å². The zero-order chi connectivity index (χ0) is 19.6. The Bertz CT molecular complexity index is 936. The molecule has 1 aliphatic heterocycles. The standard InChI is InChI=1S/C20H16ClFN2O3/c21-15-8-13(9-16(22)11-15)4-5-18(25)20(27)6-7-24(19(20)26)17-3-1-2-14(10-17)12-23/h1-3,8-11,27H,4-7H2. The average molecular weight is 387 g/mol. The lowest BCUT2D eigenvalue weighted by molar-refractivity contribution is -0.147. The highest BCUT2D eigenvalue weighted by Gasteiger charge is 2.50. The number of carbonyl (C=O) groups excluding carboxylic acids is 2. The van der Waals surface area contributed by atoms with Crippen molar-refractivity contribution in [2.45, 2.75) is 24.9 Å². The number of aryl methyl sites for hydroxylation is 1. The summed E-state index contributed by atoms with van der Waals surface area (Å²) >= 11 is 5.80. The summed E-state index contributed by atoms with van der Waals surface area (Å²) in [5, 5.41) is 19.9. The van der Waals surface area contributed by atoms with Gasteiger partial charge in [-0.2, -0.15) is 5.26 Å². The minimum atomic E-state index is -2.11. The first-order chi connectivity index (χ1) is 12.8. The van der Waals surface area contributed by atoms with Crippen LogP contribution in [0.2, 0.25) is 5.02 Å². The fraction of sp³-hybridized carbons (Fsp3) is 0.250. The summed E-state index contributed by atoms with van der Waals surface area (Å²) in [6, 6.07) is 12.4. The van der Waals surface area contributed by atoms with Crippen LogP contribution in [0.15, 0.2) is 42.5 Å². The molecule has 2 aromatic carbocycles. The number of benzene rings is 2. The molecule has 1 unspecified atom stereocenters. The van der Waals surface area contributed by atoms with Gasteiger partial charge in [0.05, 0.1) is 11.6 Å². The van der Waals surface area contributed by atoms with Crippen molar-refractivity contribution in [3.05, 3.63) is 64.4 Å². The predicted molar refractivity (Wildman–Crippen MR) is 97.8 cm³/mol. The Labute approximate surface area is 160 Å². The van der Waals surface area contributed by atoms with Crippen molar-refractivity contribution >= 4 is 29.0 Å². The Hall–Kier alpha value is -2.75. The van der Waals surface area contributed by atoms with Gasteiger partial charge in [0, 0.05) is 30.1 Å². The summed E-state index contributed by atoms with van der Waals surface area (Å²) in [7, 11) is 0. The van der Waals surface area contributed by atoms with E-state index in [1.165, 1.54) is 23.1 Å². The fourth-order valence-electron chi connectivity index (χ4n) is 3.17. The van der Waals surface area contributed by atoms with Gasteiger partial charge in [0.1, 0.15) is 5.82 Å². The van der Waals surface area contributed by atoms with Crippen LogP contribution in [0.4, 0.5) is 10.1 Å². The van der Waals surface area contributed by atoms with Crippen molar-refractivity contribution in [3.63, 3.8) is 0 Å². The van der Waals surface area contributed by atoms with Crippen LogP contribution in [0.1, 0.15) is 24.0 Å². The van der Waals surface area contributed by atoms with E-state index in [9.17, 15) is 19.1 Å². The second-order valence-corrected chi connectivity index (χ2v) is 6.87. The minimum absolute atomic E-state index is 0.0364. The summed E-state index contributed by atoms with van der Waals surface area (Å²) in [6.45, 7) is 0.168. The van der Waals surface area contributed by atoms with Crippen molar-refractivity contribution in [2.75, 3.05) is 11.4 Å². The normalized spacial score (nSPS) is 19.2. The summed E-state index contributed by atoms with van der Waals surface area (Å²) in [5.41, 5.74) is -0.759.